The van der Waals surface area contributed by atoms with Crippen LogP contribution < -0.4 is 0 Å². The fraction of sp³-hybridized carbons (Fsp3) is 0.435. The van der Waals surface area contributed by atoms with E-state index in [0.717, 1.165) is 31.1 Å². The third kappa shape index (κ3) is 2.70. The molecule has 2 aromatic carbocycles. The highest BCUT2D eigenvalue weighted by Gasteiger charge is 2.66. The Bertz CT molecular complexity index is 813. The van der Waals surface area contributed by atoms with Gasteiger partial charge >= 0.3 is 0 Å². The zero-order chi connectivity index (χ0) is 18.4. The molecule has 2 atom stereocenters. The molecule has 140 valence electrons. The summed E-state index contributed by atoms with van der Waals surface area (Å²) in [5.74, 6) is 1.18. The van der Waals surface area contributed by atoms with Crippen molar-refractivity contribution in [1.29, 1.82) is 0 Å². The van der Waals surface area contributed by atoms with Gasteiger partial charge in [-0.15, -0.1) is 0 Å². The molecule has 0 unspecified atom stereocenters. The second-order valence-electron chi connectivity index (χ2n) is 8.36. The van der Waals surface area contributed by atoms with Gasteiger partial charge in [-0.05, 0) is 36.5 Å². The lowest BCUT2D eigenvalue weighted by molar-refractivity contribution is -0.180. The number of rotatable bonds is 5. The molecular formula is C23H26N2O2. The van der Waals surface area contributed by atoms with Crippen LogP contribution in [0.15, 0.2) is 60.7 Å². The van der Waals surface area contributed by atoms with Crippen molar-refractivity contribution in [1.82, 2.24) is 9.80 Å². The average Bonchev–Trinajstić information content (AvgIpc) is 3.49. The molecule has 1 amide bonds. The summed E-state index contributed by atoms with van der Waals surface area (Å²) in [7, 11) is 0. The van der Waals surface area contributed by atoms with E-state index >= 15 is 0 Å². The van der Waals surface area contributed by atoms with Crippen LogP contribution in [0, 0.1) is 5.92 Å². The molecule has 1 N–H and O–H groups in total. The predicted molar refractivity (Wildman–Crippen MR) is 105 cm³/mol. The number of nitrogens with zero attached hydrogens (tertiary/aromatic N) is 2. The van der Waals surface area contributed by atoms with E-state index in [9.17, 15) is 9.90 Å². The number of amides is 1. The number of hydrogen-bond donors (Lipinski definition) is 1. The molecule has 27 heavy (non-hydrogen) atoms. The summed E-state index contributed by atoms with van der Waals surface area (Å²) in [5, 5.41) is 10.1. The third-order valence-corrected chi connectivity index (χ3v) is 6.67. The maximum atomic E-state index is 12.8. The van der Waals surface area contributed by atoms with Gasteiger partial charge in [0.1, 0.15) is 0 Å². The Balaban J connectivity index is 1.40. The molecule has 2 aromatic rings. The highest BCUT2D eigenvalue weighted by molar-refractivity contribution is 5.95. The van der Waals surface area contributed by atoms with Gasteiger partial charge in [-0.1, -0.05) is 48.5 Å². The van der Waals surface area contributed by atoms with Crippen LogP contribution in [0.4, 0.5) is 0 Å². The Morgan fingerprint density at radius 3 is 2.22 bits per heavy atom. The van der Waals surface area contributed by atoms with Crippen molar-refractivity contribution < 1.29 is 9.90 Å². The van der Waals surface area contributed by atoms with Crippen molar-refractivity contribution in [3.8, 4) is 0 Å². The Morgan fingerprint density at radius 1 is 1.00 bits per heavy atom. The fourth-order valence-corrected chi connectivity index (χ4v) is 5.16. The first-order valence-corrected chi connectivity index (χ1v) is 10.00. The molecule has 1 saturated carbocycles. The van der Waals surface area contributed by atoms with Crippen molar-refractivity contribution in [2.24, 2.45) is 5.92 Å². The fourth-order valence-electron chi connectivity index (χ4n) is 5.16. The molecule has 5 rings (SSSR count). The van der Waals surface area contributed by atoms with Crippen molar-refractivity contribution >= 4 is 5.91 Å². The lowest BCUT2D eigenvalue weighted by Gasteiger charge is -2.71. The lowest BCUT2D eigenvalue weighted by Crippen LogP contribution is -2.85. The van der Waals surface area contributed by atoms with Gasteiger partial charge in [-0.25, -0.2) is 0 Å². The number of carbonyl (C=O) groups excluding carboxylic acids is 1. The summed E-state index contributed by atoms with van der Waals surface area (Å²) in [6.45, 7) is 2.75. The summed E-state index contributed by atoms with van der Waals surface area (Å²) < 4.78 is 0. The SMILES string of the molecule is O=C(c1ccccc1)N1CC2(C1)[C@@H](c1ccccc1)[C@@H](CO)N2CC1CC1. The van der Waals surface area contributed by atoms with E-state index in [1.807, 2.05) is 41.3 Å². The zero-order valence-corrected chi connectivity index (χ0v) is 15.5. The Kier molecular flexibility index (Phi) is 4.06. The van der Waals surface area contributed by atoms with Gasteiger partial charge in [0.25, 0.3) is 5.91 Å². The molecule has 2 saturated heterocycles. The maximum absolute atomic E-state index is 12.8. The summed E-state index contributed by atoms with van der Waals surface area (Å²) in [4.78, 5) is 17.3. The summed E-state index contributed by atoms with van der Waals surface area (Å²) in [6, 6.07) is 20.3. The number of aliphatic hydroxyl groups is 1. The van der Waals surface area contributed by atoms with Gasteiger partial charge in [0.05, 0.1) is 12.1 Å². The Morgan fingerprint density at radius 2 is 1.63 bits per heavy atom. The molecule has 4 heteroatoms. The van der Waals surface area contributed by atoms with Crippen LogP contribution in [0.25, 0.3) is 0 Å². The molecule has 2 aliphatic heterocycles. The van der Waals surface area contributed by atoms with E-state index in [2.05, 4.69) is 29.2 Å². The van der Waals surface area contributed by atoms with Crippen LogP contribution >= 0.6 is 0 Å². The van der Waals surface area contributed by atoms with Crippen molar-refractivity contribution in [3.63, 3.8) is 0 Å². The Labute approximate surface area is 160 Å². The Hall–Kier alpha value is -2.17. The number of benzene rings is 2. The molecule has 4 nitrogen and oxygen atoms in total. The standard InChI is InChI=1S/C23H26N2O2/c26-14-20-21(18-7-3-1-4-8-18)23(25(20)13-17-11-12-17)15-24(16-23)22(27)19-9-5-2-6-10-19/h1-10,17,20-21,26H,11-16H2/t20-,21+/m1/s1. The smallest absolute Gasteiger partial charge is 0.253 e. The van der Waals surface area contributed by atoms with Crippen LogP contribution in [0.1, 0.15) is 34.7 Å². The second-order valence-corrected chi connectivity index (χ2v) is 8.36. The molecule has 1 spiro atoms. The van der Waals surface area contributed by atoms with E-state index in [0.29, 0.717) is 5.92 Å². The molecule has 2 heterocycles. The molecular weight excluding hydrogens is 336 g/mol. The highest BCUT2D eigenvalue weighted by Crippen LogP contribution is 2.55. The zero-order valence-electron chi connectivity index (χ0n) is 15.5. The molecule has 0 radical (unpaired) electrons. The lowest BCUT2D eigenvalue weighted by atomic mass is 9.60. The van der Waals surface area contributed by atoms with Gasteiger partial charge in [0, 0.05) is 37.2 Å². The van der Waals surface area contributed by atoms with E-state index < -0.39 is 0 Å². The topological polar surface area (TPSA) is 43.8 Å². The van der Waals surface area contributed by atoms with Crippen LogP contribution in [0.3, 0.4) is 0 Å². The van der Waals surface area contributed by atoms with E-state index in [1.54, 1.807) is 0 Å². The van der Waals surface area contributed by atoms with Gasteiger partial charge in [0.15, 0.2) is 0 Å². The van der Waals surface area contributed by atoms with Crippen molar-refractivity contribution in [2.75, 3.05) is 26.2 Å². The number of likely N-dealkylation sites (tertiary alicyclic amines) is 2. The molecule has 3 fully saturated rings. The van der Waals surface area contributed by atoms with E-state index in [-0.39, 0.29) is 24.1 Å². The first-order valence-electron chi connectivity index (χ1n) is 10.00. The highest BCUT2D eigenvalue weighted by atomic mass is 16.3. The van der Waals surface area contributed by atoms with Crippen LogP contribution in [0.5, 0.6) is 0 Å². The predicted octanol–water partition coefficient (Wildman–Crippen LogP) is 2.75. The van der Waals surface area contributed by atoms with E-state index in [4.69, 9.17) is 0 Å². The third-order valence-electron chi connectivity index (χ3n) is 6.67. The van der Waals surface area contributed by atoms with Crippen molar-refractivity contribution in [2.45, 2.75) is 30.3 Å². The van der Waals surface area contributed by atoms with Gasteiger partial charge in [0.2, 0.25) is 0 Å². The van der Waals surface area contributed by atoms with Crippen LogP contribution in [0.2, 0.25) is 0 Å². The number of hydrogen-bond acceptors (Lipinski definition) is 3. The summed E-state index contributed by atoms with van der Waals surface area (Å²) in [5.41, 5.74) is 2.03. The minimum Gasteiger partial charge on any atom is -0.395 e. The molecule has 1 aliphatic carbocycles. The number of carbonyl (C=O) groups is 1. The van der Waals surface area contributed by atoms with Gasteiger partial charge in [-0.3, -0.25) is 9.69 Å². The number of aliphatic hydroxyl groups excluding tert-OH is 1. The van der Waals surface area contributed by atoms with Gasteiger partial charge < -0.3 is 10.0 Å². The molecule has 0 bridgehead atoms. The first kappa shape index (κ1) is 17.0. The molecule has 0 aromatic heterocycles. The second kappa shape index (κ2) is 6.47. The minimum atomic E-state index is -0.0121. The monoisotopic (exact) mass is 362 g/mol. The summed E-state index contributed by atoms with van der Waals surface area (Å²) in [6.07, 6.45) is 2.60. The van der Waals surface area contributed by atoms with Crippen LogP contribution in [-0.4, -0.2) is 58.6 Å². The van der Waals surface area contributed by atoms with Crippen molar-refractivity contribution in [3.05, 3.63) is 71.8 Å². The average molecular weight is 362 g/mol. The maximum Gasteiger partial charge on any atom is 0.253 e. The van der Waals surface area contributed by atoms with Crippen LogP contribution in [-0.2, 0) is 0 Å². The van der Waals surface area contributed by atoms with Gasteiger partial charge in [-0.2, -0.15) is 0 Å². The minimum absolute atomic E-state index is 0.0121. The largest absolute Gasteiger partial charge is 0.395 e. The summed E-state index contributed by atoms with van der Waals surface area (Å²) >= 11 is 0. The normalized spacial score (nSPS) is 26.5. The first-order chi connectivity index (χ1) is 13.2. The van der Waals surface area contributed by atoms with E-state index in [1.165, 1.54) is 18.4 Å². The molecule has 3 aliphatic rings. The quantitative estimate of drug-likeness (QED) is 0.889.